The van der Waals surface area contributed by atoms with Gasteiger partial charge in [-0.1, -0.05) is 23.2 Å². The van der Waals surface area contributed by atoms with Crippen molar-refractivity contribution < 1.29 is 5.11 Å². The number of hydrogen-bond donors (Lipinski definition) is 1. The average Bonchev–Trinajstić information content (AvgIpc) is 2.83. The van der Waals surface area contributed by atoms with Crippen LogP contribution in [0.1, 0.15) is 12.1 Å². The van der Waals surface area contributed by atoms with Crippen molar-refractivity contribution in [1.29, 1.82) is 0 Å². The third kappa shape index (κ3) is 1.99. The average molecular weight is 289 g/mol. The van der Waals surface area contributed by atoms with Crippen LogP contribution in [0.25, 0.3) is 10.7 Å². The largest absolute Gasteiger partial charge is 0.391 e. The van der Waals surface area contributed by atoms with Gasteiger partial charge in [-0.05, 0) is 25.0 Å². The fraction of sp³-hybridized carbons (Fsp3) is 0.364. The van der Waals surface area contributed by atoms with Gasteiger partial charge in [0.1, 0.15) is 0 Å². The van der Waals surface area contributed by atoms with Gasteiger partial charge in [0.2, 0.25) is 0 Å². The van der Waals surface area contributed by atoms with Crippen LogP contribution in [0.15, 0.2) is 12.1 Å². The molecule has 0 amide bonds. The van der Waals surface area contributed by atoms with Gasteiger partial charge in [0, 0.05) is 0 Å². The highest BCUT2D eigenvalue weighted by atomic mass is 35.5. The highest BCUT2D eigenvalue weighted by Gasteiger charge is 2.24. The Hall–Kier alpha value is -0.550. The van der Waals surface area contributed by atoms with Crippen molar-refractivity contribution in [2.75, 3.05) is 0 Å². The van der Waals surface area contributed by atoms with Gasteiger partial charge >= 0.3 is 0 Å². The maximum absolute atomic E-state index is 9.73. The van der Waals surface area contributed by atoms with Crippen molar-refractivity contribution >= 4 is 34.5 Å². The Morgan fingerprint density at radius 1 is 1.41 bits per heavy atom. The van der Waals surface area contributed by atoms with Crippen molar-refractivity contribution in [3.63, 3.8) is 0 Å². The Labute approximate surface area is 113 Å². The Morgan fingerprint density at radius 3 is 2.94 bits per heavy atom. The van der Waals surface area contributed by atoms with E-state index in [1.807, 2.05) is 16.7 Å². The number of thiophene rings is 1. The van der Waals surface area contributed by atoms with Crippen LogP contribution in [-0.2, 0) is 13.0 Å². The molecule has 17 heavy (non-hydrogen) atoms. The lowest BCUT2D eigenvalue weighted by atomic mass is 10.1. The molecule has 0 aliphatic carbocycles. The smallest absolute Gasteiger partial charge is 0.152 e. The second-order valence-electron chi connectivity index (χ2n) is 4.08. The summed E-state index contributed by atoms with van der Waals surface area (Å²) in [6.07, 6.45) is 1.20. The fourth-order valence-corrected chi connectivity index (χ4v) is 3.44. The SMILES string of the molecule is OC1CCc2c(Cl)nc(-c3ccc(Cl)s3)n2C1. The highest BCUT2D eigenvalue weighted by Crippen LogP contribution is 2.35. The molecule has 2 aromatic heterocycles. The van der Waals surface area contributed by atoms with E-state index in [1.165, 1.54) is 11.3 Å². The molecule has 3 heterocycles. The van der Waals surface area contributed by atoms with Crippen LogP contribution >= 0.6 is 34.5 Å². The van der Waals surface area contributed by atoms with Crippen molar-refractivity contribution in [1.82, 2.24) is 9.55 Å². The van der Waals surface area contributed by atoms with Crippen LogP contribution < -0.4 is 0 Å². The molecular weight excluding hydrogens is 279 g/mol. The summed E-state index contributed by atoms with van der Waals surface area (Å²) in [5.41, 5.74) is 1.01. The second-order valence-corrected chi connectivity index (χ2v) is 6.15. The van der Waals surface area contributed by atoms with Gasteiger partial charge in [-0.15, -0.1) is 11.3 Å². The Bertz CT molecular complexity index is 564. The summed E-state index contributed by atoms with van der Waals surface area (Å²) in [6.45, 7) is 0.555. The van der Waals surface area contributed by atoms with E-state index >= 15 is 0 Å². The second kappa shape index (κ2) is 4.28. The van der Waals surface area contributed by atoms with Crippen LogP contribution in [0, 0.1) is 0 Å². The number of fused-ring (bicyclic) bond motifs is 1. The summed E-state index contributed by atoms with van der Waals surface area (Å²) in [6, 6.07) is 3.77. The van der Waals surface area contributed by atoms with E-state index in [-0.39, 0.29) is 6.10 Å². The summed E-state index contributed by atoms with van der Waals surface area (Å²) >= 11 is 13.5. The summed E-state index contributed by atoms with van der Waals surface area (Å²) in [4.78, 5) is 5.36. The molecule has 0 aromatic carbocycles. The molecule has 0 saturated heterocycles. The van der Waals surface area contributed by atoms with Gasteiger partial charge in [0.25, 0.3) is 0 Å². The molecular formula is C11H10Cl2N2OS. The van der Waals surface area contributed by atoms with Gasteiger partial charge in [0.05, 0.1) is 27.6 Å². The number of aliphatic hydroxyl groups excluding tert-OH is 1. The number of rotatable bonds is 1. The van der Waals surface area contributed by atoms with Gasteiger partial charge in [-0.3, -0.25) is 0 Å². The summed E-state index contributed by atoms with van der Waals surface area (Å²) in [7, 11) is 0. The lowest BCUT2D eigenvalue weighted by Gasteiger charge is -2.21. The predicted molar refractivity (Wildman–Crippen MR) is 69.9 cm³/mol. The summed E-state index contributed by atoms with van der Waals surface area (Å²) in [5.74, 6) is 0.806. The van der Waals surface area contributed by atoms with E-state index in [1.54, 1.807) is 0 Å². The van der Waals surface area contributed by atoms with Crippen molar-refractivity contribution in [2.24, 2.45) is 0 Å². The number of hydrogen-bond acceptors (Lipinski definition) is 3. The number of aliphatic hydroxyl groups is 1. The van der Waals surface area contributed by atoms with Crippen LogP contribution in [0.4, 0.5) is 0 Å². The summed E-state index contributed by atoms with van der Waals surface area (Å²) in [5, 5.41) is 10.3. The molecule has 1 aliphatic rings. The molecule has 3 rings (SSSR count). The lowest BCUT2D eigenvalue weighted by Crippen LogP contribution is -2.24. The fourth-order valence-electron chi connectivity index (χ4n) is 2.12. The molecule has 0 bridgehead atoms. The zero-order chi connectivity index (χ0) is 12.0. The molecule has 2 aromatic rings. The van der Waals surface area contributed by atoms with Crippen molar-refractivity contribution in [3.8, 4) is 10.7 Å². The molecule has 3 nitrogen and oxygen atoms in total. The van der Waals surface area contributed by atoms with E-state index < -0.39 is 0 Å². The molecule has 1 N–H and O–H groups in total. The number of aromatic nitrogens is 2. The van der Waals surface area contributed by atoms with E-state index in [0.29, 0.717) is 11.7 Å². The minimum absolute atomic E-state index is 0.318. The minimum atomic E-state index is -0.318. The third-order valence-corrected chi connectivity index (χ3v) is 4.45. The standard InChI is InChI=1S/C11H10Cl2N2OS/c12-9-4-3-8(17-9)11-14-10(13)7-2-1-6(16)5-15(7)11/h3-4,6,16H,1-2,5H2. The predicted octanol–water partition coefficient (Wildman–Crippen LogP) is 3.23. The Morgan fingerprint density at radius 2 is 2.24 bits per heavy atom. The first-order valence-electron chi connectivity index (χ1n) is 5.34. The first-order valence-corrected chi connectivity index (χ1v) is 6.91. The Balaban J connectivity index is 2.12. The van der Waals surface area contributed by atoms with Gasteiger partial charge < -0.3 is 9.67 Å². The zero-order valence-electron chi connectivity index (χ0n) is 8.86. The first-order chi connectivity index (χ1) is 8.15. The maximum atomic E-state index is 9.73. The van der Waals surface area contributed by atoms with E-state index in [4.69, 9.17) is 23.2 Å². The highest BCUT2D eigenvalue weighted by molar-refractivity contribution is 7.19. The van der Waals surface area contributed by atoms with E-state index in [2.05, 4.69) is 4.98 Å². The van der Waals surface area contributed by atoms with E-state index in [9.17, 15) is 5.11 Å². The third-order valence-electron chi connectivity index (χ3n) is 2.92. The monoisotopic (exact) mass is 288 g/mol. The Kier molecular flexibility index (Phi) is 2.91. The van der Waals surface area contributed by atoms with Crippen LogP contribution in [0.2, 0.25) is 9.49 Å². The van der Waals surface area contributed by atoms with Gasteiger partial charge in [-0.25, -0.2) is 4.98 Å². The first kappa shape index (κ1) is 11.5. The zero-order valence-corrected chi connectivity index (χ0v) is 11.2. The van der Waals surface area contributed by atoms with Crippen molar-refractivity contribution in [3.05, 3.63) is 27.3 Å². The molecule has 0 spiro atoms. The molecule has 1 unspecified atom stereocenters. The normalized spacial score (nSPS) is 19.4. The quantitative estimate of drug-likeness (QED) is 0.875. The molecule has 1 atom stereocenters. The lowest BCUT2D eigenvalue weighted by molar-refractivity contribution is 0.132. The maximum Gasteiger partial charge on any atom is 0.152 e. The van der Waals surface area contributed by atoms with Gasteiger partial charge in [-0.2, -0.15) is 0 Å². The molecule has 0 radical (unpaired) electrons. The van der Waals surface area contributed by atoms with Gasteiger partial charge in [0.15, 0.2) is 11.0 Å². The molecule has 1 aliphatic heterocycles. The number of halogens is 2. The van der Waals surface area contributed by atoms with Crippen molar-refractivity contribution in [2.45, 2.75) is 25.5 Å². The molecule has 0 saturated carbocycles. The van der Waals surface area contributed by atoms with Crippen LogP contribution in [0.5, 0.6) is 0 Å². The molecule has 90 valence electrons. The topological polar surface area (TPSA) is 38.1 Å². The molecule has 6 heteroatoms. The number of imidazole rings is 1. The van der Waals surface area contributed by atoms with E-state index in [0.717, 1.165) is 33.6 Å². The van der Waals surface area contributed by atoms with Crippen LogP contribution in [-0.4, -0.2) is 20.8 Å². The number of nitrogens with zero attached hydrogens (tertiary/aromatic N) is 2. The summed E-state index contributed by atoms with van der Waals surface area (Å²) < 4.78 is 2.73. The minimum Gasteiger partial charge on any atom is -0.391 e. The van der Waals surface area contributed by atoms with Crippen LogP contribution in [0.3, 0.4) is 0 Å². The molecule has 0 fully saturated rings.